The van der Waals surface area contributed by atoms with Crippen LogP contribution in [-0.2, 0) is 24.5 Å². The molecule has 0 atom stereocenters. The second-order valence-electron chi connectivity index (χ2n) is 6.69. The van der Waals surface area contributed by atoms with Crippen molar-refractivity contribution in [2.75, 3.05) is 6.54 Å². The molecule has 0 aliphatic rings. The van der Waals surface area contributed by atoms with Crippen LogP contribution in [-0.4, -0.2) is 26.9 Å². The lowest BCUT2D eigenvalue weighted by molar-refractivity contribution is -0.132. The highest BCUT2D eigenvalue weighted by Crippen LogP contribution is 2.19. The van der Waals surface area contributed by atoms with Crippen LogP contribution in [0.15, 0.2) is 72.1 Å². The number of hydrogen-bond acceptors (Lipinski definition) is 4. The molecular weight excluding hydrogens is 382 g/mol. The van der Waals surface area contributed by atoms with E-state index in [0.717, 1.165) is 22.6 Å². The molecular formula is C23H23N3O2S. The van der Waals surface area contributed by atoms with Crippen LogP contribution in [0.25, 0.3) is 11.0 Å². The highest BCUT2D eigenvalue weighted by Gasteiger charge is 2.18. The van der Waals surface area contributed by atoms with Crippen LogP contribution in [0.5, 0.6) is 5.75 Å². The summed E-state index contributed by atoms with van der Waals surface area (Å²) in [6.45, 7) is 3.86. The first kappa shape index (κ1) is 19.2. The molecule has 0 N–H and O–H groups in total. The number of likely N-dealkylation sites (N-methyl/N-ethyl adjacent to an activating group) is 1. The largest absolute Gasteiger partial charge is 0.486 e. The average Bonchev–Trinajstić information content (AvgIpc) is 3.39. The van der Waals surface area contributed by atoms with Crippen molar-refractivity contribution in [3.63, 3.8) is 0 Å². The van der Waals surface area contributed by atoms with Crippen molar-refractivity contribution < 1.29 is 9.53 Å². The fourth-order valence-electron chi connectivity index (χ4n) is 3.28. The van der Waals surface area contributed by atoms with Crippen LogP contribution in [0.4, 0.5) is 0 Å². The number of aromatic nitrogens is 2. The van der Waals surface area contributed by atoms with Gasteiger partial charge in [-0.25, -0.2) is 4.98 Å². The molecule has 0 saturated heterocycles. The first-order valence-corrected chi connectivity index (χ1v) is 10.5. The first-order valence-electron chi connectivity index (χ1n) is 9.66. The Hall–Kier alpha value is -3.12. The van der Waals surface area contributed by atoms with E-state index in [1.165, 1.54) is 4.88 Å². The maximum absolute atomic E-state index is 13.1. The van der Waals surface area contributed by atoms with E-state index in [2.05, 4.69) is 6.07 Å². The van der Waals surface area contributed by atoms with Gasteiger partial charge in [0.15, 0.2) is 0 Å². The predicted octanol–water partition coefficient (Wildman–Crippen LogP) is 4.73. The van der Waals surface area contributed by atoms with Crippen molar-refractivity contribution in [3.05, 3.63) is 82.8 Å². The quantitative estimate of drug-likeness (QED) is 0.426. The molecule has 0 aliphatic carbocycles. The zero-order valence-electron chi connectivity index (χ0n) is 16.3. The van der Waals surface area contributed by atoms with E-state index in [4.69, 9.17) is 9.72 Å². The summed E-state index contributed by atoms with van der Waals surface area (Å²) in [4.78, 5) is 20.9. The minimum atomic E-state index is 0.0741. The van der Waals surface area contributed by atoms with Gasteiger partial charge in [-0.1, -0.05) is 36.4 Å². The van der Waals surface area contributed by atoms with Gasteiger partial charge in [0.1, 0.15) is 24.7 Å². The number of thiophene rings is 1. The molecule has 2 aromatic carbocycles. The second kappa shape index (κ2) is 8.92. The maximum Gasteiger partial charge on any atom is 0.242 e. The molecule has 0 bridgehead atoms. The SMILES string of the molecule is CCN(Cc1cccs1)C(=O)Cn1c(COc2ccccc2)nc2ccccc21. The second-order valence-corrected chi connectivity index (χ2v) is 7.72. The van der Waals surface area contributed by atoms with Gasteiger partial charge in [-0.15, -0.1) is 11.3 Å². The normalized spacial score (nSPS) is 10.9. The van der Waals surface area contributed by atoms with Crippen LogP contribution in [0.3, 0.4) is 0 Å². The zero-order chi connectivity index (χ0) is 20.1. The molecule has 6 heteroatoms. The van der Waals surface area contributed by atoms with Crippen molar-refractivity contribution >= 4 is 28.3 Å². The number of amides is 1. The summed E-state index contributed by atoms with van der Waals surface area (Å²) in [5, 5.41) is 2.04. The molecule has 0 spiro atoms. The van der Waals surface area contributed by atoms with Crippen molar-refractivity contribution in [3.8, 4) is 5.75 Å². The molecule has 0 fully saturated rings. The summed E-state index contributed by atoms with van der Waals surface area (Å²) >= 11 is 1.67. The standard InChI is InChI=1S/C23H23N3O2S/c1-2-25(15-19-11-8-14-29-19)23(27)16-26-21-13-7-6-12-20(21)24-22(26)17-28-18-9-4-3-5-10-18/h3-14H,2,15-17H2,1H3. The zero-order valence-corrected chi connectivity index (χ0v) is 17.1. The number of para-hydroxylation sites is 3. The topological polar surface area (TPSA) is 47.4 Å². The Morgan fingerprint density at radius 3 is 2.62 bits per heavy atom. The van der Waals surface area contributed by atoms with E-state index >= 15 is 0 Å². The van der Waals surface area contributed by atoms with Crippen LogP contribution < -0.4 is 4.74 Å². The van der Waals surface area contributed by atoms with Crippen LogP contribution in [0.1, 0.15) is 17.6 Å². The van der Waals surface area contributed by atoms with Gasteiger partial charge in [0, 0.05) is 11.4 Å². The lowest BCUT2D eigenvalue weighted by atomic mass is 10.3. The van der Waals surface area contributed by atoms with E-state index in [1.807, 2.05) is 82.4 Å². The number of hydrogen-bond donors (Lipinski definition) is 0. The number of fused-ring (bicyclic) bond motifs is 1. The van der Waals surface area contributed by atoms with Gasteiger partial charge < -0.3 is 14.2 Å². The van der Waals surface area contributed by atoms with Gasteiger partial charge in [-0.05, 0) is 42.6 Å². The molecule has 5 nitrogen and oxygen atoms in total. The minimum absolute atomic E-state index is 0.0741. The lowest BCUT2D eigenvalue weighted by Crippen LogP contribution is -2.33. The molecule has 0 saturated carbocycles. The van der Waals surface area contributed by atoms with Crippen molar-refractivity contribution in [2.45, 2.75) is 26.6 Å². The number of benzene rings is 2. The van der Waals surface area contributed by atoms with E-state index in [0.29, 0.717) is 19.7 Å². The Kier molecular flexibility index (Phi) is 5.91. The van der Waals surface area contributed by atoms with Crippen molar-refractivity contribution in [1.82, 2.24) is 14.5 Å². The van der Waals surface area contributed by atoms with Gasteiger partial charge in [0.2, 0.25) is 5.91 Å². The van der Waals surface area contributed by atoms with Gasteiger partial charge in [-0.2, -0.15) is 0 Å². The highest BCUT2D eigenvalue weighted by molar-refractivity contribution is 7.09. The van der Waals surface area contributed by atoms with E-state index < -0.39 is 0 Å². The Morgan fingerprint density at radius 1 is 1.07 bits per heavy atom. The molecule has 1 amide bonds. The molecule has 2 heterocycles. The van der Waals surface area contributed by atoms with E-state index in [1.54, 1.807) is 11.3 Å². The summed E-state index contributed by atoms with van der Waals surface area (Å²) in [5.74, 6) is 1.60. The first-order chi connectivity index (χ1) is 14.2. The fraction of sp³-hybridized carbons (Fsp3) is 0.217. The summed E-state index contributed by atoms with van der Waals surface area (Å²) in [6.07, 6.45) is 0. The predicted molar refractivity (Wildman–Crippen MR) is 116 cm³/mol. The fourth-order valence-corrected chi connectivity index (χ4v) is 4.00. The molecule has 148 valence electrons. The molecule has 4 aromatic rings. The molecule has 2 aromatic heterocycles. The van der Waals surface area contributed by atoms with Crippen LogP contribution in [0.2, 0.25) is 0 Å². The Bertz CT molecular complexity index is 1070. The molecule has 0 unspecified atom stereocenters. The number of nitrogens with zero attached hydrogens (tertiary/aromatic N) is 3. The maximum atomic E-state index is 13.1. The van der Waals surface area contributed by atoms with Crippen LogP contribution in [0, 0.1) is 0 Å². The number of ether oxygens (including phenoxy) is 1. The van der Waals surface area contributed by atoms with Crippen molar-refractivity contribution in [2.24, 2.45) is 0 Å². The van der Waals surface area contributed by atoms with Gasteiger partial charge in [0.25, 0.3) is 0 Å². The minimum Gasteiger partial charge on any atom is -0.486 e. The van der Waals surface area contributed by atoms with Gasteiger partial charge >= 0.3 is 0 Å². The highest BCUT2D eigenvalue weighted by atomic mass is 32.1. The van der Waals surface area contributed by atoms with E-state index in [9.17, 15) is 4.79 Å². The Morgan fingerprint density at radius 2 is 1.86 bits per heavy atom. The summed E-state index contributed by atoms with van der Waals surface area (Å²) < 4.78 is 7.88. The average molecular weight is 406 g/mol. The third-order valence-electron chi connectivity index (χ3n) is 4.80. The monoisotopic (exact) mass is 405 g/mol. The van der Waals surface area contributed by atoms with Crippen molar-refractivity contribution in [1.29, 1.82) is 0 Å². The summed E-state index contributed by atoms with van der Waals surface area (Å²) in [6, 6.07) is 21.6. The molecule has 4 rings (SSSR count). The molecule has 29 heavy (non-hydrogen) atoms. The molecule has 0 radical (unpaired) electrons. The molecule has 0 aliphatic heterocycles. The third-order valence-corrected chi connectivity index (χ3v) is 5.66. The van der Waals surface area contributed by atoms with Gasteiger partial charge in [0.05, 0.1) is 17.6 Å². The Labute approximate surface area is 174 Å². The number of carbonyl (C=O) groups excluding carboxylic acids is 1. The summed E-state index contributed by atoms with van der Waals surface area (Å²) in [5.41, 5.74) is 1.81. The Balaban J connectivity index is 1.57. The number of rotatable bonds is 8. The van der Waals surface area contributed by atoms with Crippen LogP contribution >= 0.6 is 11.3 Å². The smallest absolute Gasteiger partial charge is 0.242 e. The number of carbonyl (C=O) groups is 1. The lowest BCUT2D eigenvalue weighted by Gasteiger charge is -2.21. The third kappa shape index (κ3) is 4.49. The van der Waals surface area contributed by atoms with E-state index in [-0.39, 0.29) is 12.5 Å². The summed E-state index contributed by atoms with van der Waals surface area (Å²) in [7, 11) is 0. The van der Waals surface area contributed by atoms with Gasteiger partial charge in [-0.3, -0.25) is 4.79 Å². The number of imidazole rings is 1.